The SMILES string of the molecule is C=CCSCCNC(C)c1c(Cl)ccc(F)c1Cl. The number of hydrogen-bond acceptors (Lipinski definition) is 2. The minimum atomic E-state index is -0.439. The molecule has 1 nitrogen and oxygen atoms in total. The third kappa shape index (κ3) is 4.47. The zero-order chi connectivity index (χ0) is 13.5. The Morgan fingerprint density at radius 1 is 1.50 bits per heavy atom. The molecule has 0 aliphatic heterocycles. The van der Waals surface area contributed by atoms with Crippen LogP contribution < -0.4 is 5.32 Å². The minimum Gasteiger partial charge on any atom is -0.309 e. The number of halogens is 3. The van der Waals surface area contributed by atoms with Crippen LogP contribution in [0, 0.1) is 5.82 Å². The molecule has 1 aromatic rings. The van der Waals surface area contributed by atoms with Crippen molar-refractivity contribution >= 4 is 35.0 Å². The van der Waals surface area contributed by atoms with Gasteiger partial charge in [0.25, 0.3) is 0 Å². The second-order valence-corrected chi connectivity index (χ2v) is 5.73. The maximum atomic E-state index is 13.4. The van der Waals surface area contributed by atoms with Gasteiger partial charge in [0.15, 0.2) is 0 Å². The Hall–Kier alpha value is -0.220. The summed E-state index contributed by atoms with van der Waals surface area (Å²) in [6.45, 7) is 6.39. The Bertz CT molecular complexity index is 412. The van der Waals surface area contributed by atoms with Crippen molar-refractivity contribution in [2.24, 2.45) is 0 Å². The molecule has 0 bridgehead atoms. The fraction of sp³-hybridized carbons (Fsp3) is 0.385. The molecule has 1 N–H and O–H groups in total. The summed E-state index contributed by atoms with van der Waals surface area (Å²) in [5.41, 5.74) is 0.618. The topological polar surface area (TPSA) is 12.0 Å². The first kappa shape index (κ1) is 15.8. The molecule has 0 spiro atoms. The quantitative estimate of drug-likeness (QED) is 0.445. The van der Waals surface area contributed by atoms with Gasteiger partial charge in [-0.25, -0.2) is 4.39 Å². The standard InChI is InChI=1S/C13H16Cl2FNS/c1-3-7-18-8-6-17-9(2)12-10(14)4-5-11(16)13(12)15/h3-5,9,17H,1,6-8H2,2H3. The van der Waals surface area contributed by atoms with Gasteiger partial charge in [0.2, 0.25) is 0 Å². The van der Waals surface area contributed by atoms with Crippen molar-refractivity contribution < 1.29 is 4.39 Å². The number of thioether (sulfide) groups is 1. The Balaban J connectivity index is 2.58. The van der Waals surface area contributed by atoms with Gasteiger partial charge in [-0.2, -0.15) is 11.8 Å². The summed E-state index contributed by atoms with van der Waals surface area (Å²) in [7, 11) is 0. The van der Waals surface area contributed by atoms with Gasteiger partial charge >= 0.3 is 0 Å². The first-order chi connectivity index (χ1) is 8.57. The molecule has 0 radical (unpaired) electrons. The highest BCUT2D eigenvalue weighted by Crippen LogP contribution is 2.32. The van der Waals surface area contributed by atoms with Crippen molar-refractivity contribution in [2.75, 3.05) is 18.1 Å². The van der Waals surface area contributed by atoms with E-state index >= 15 is 0 Å². The Labute approximate surface area is 122 Å². The zero-order valence-corrected chi connectivity index (χ0v) is 12.5. The van der Waals surface area contributed by atoms with E-state index in [1.165, 1.54) is 12.1 Å². The van der Waals surface area contributed by atoms with Gasteiger partial charge in [-0.05, 0) is 19.1 Å². The molecule has 0 amide bonds. The highest BCUT2D eigenvalue weighted by atomic mass is 35.5. The molecular weight excluding hydrogens is 292 g/mol. The third-order valence-electron chi connectivity index (χ3n) is 2.45. The van der Waals surface area contributed by atoms with Crippen LogP contribution in [0.25, 0.3) is 0 Å². The van der Waals surface area contributed by atoms with Gasteiger partial charge < -0.3 is 5.32 Å². The van der Waals surface area contributed by atoms with Crippen LogP contribution in [0.5, 0.6) is 0 Å². The van der Waals surface area contributed by atoms with E-state index in [9.17, 15) is 4.39 Å². The van der Waals surface area contributed by atoms with Crippen molar-refractivity contribution in [2.45, 2.75) is 13.0 Å². The molecule has 5 heteroatoms. The molecule has 18 heavy (non-hydrogen) atoms. The van der Waals surface area contributed by atoms with Gasteiger partial charge in [-0.1, -0.05) is 29.3 Å². The lowest BCUT2D eigenvalue weighted by atomic mass is 10.1. The molecule has 0 aromatic heterocycles. The lowest BCUT2D eigenvalue weighted by Crippen LogP contribution is -2.22. The lowest BCUT2D eigenvalue weighted by molar-refractivity contribution is 0.586. The van der Waals surface area contributed by atoms with Gasteiger partial charge in [0.1, 0.15) is 5.82 Å². The number of benzene rings is 1. The molecule has 1 aromatic carbocycles. The molecule has 1 atom stereocenters. The fourth-order valence-electron chi connectivity index (χ4n) is 1.56. The molecule has 0 saturated carbocycles. The van der Waals surface area contributed by atoms with E-state index in [1.54, 1.807) is 11.8 Å². The molecule has 0 aliphatic rings. The molecule has 1 rings (SSSR count). The highest BCUT2D eigenvalue weighted by Gasteiger charge is 2.16. The van der Waals surface area contributed by atoms with E-state index in [4.69, 9.17) is 23.2 Å². The predicted molar refractivity (Wildman–Crippen MR) is 80.4 cm³/mol. The molecule has 100 valence electrons. The van der Waals surface area contributed by atoms with Gasteiger partial charge in [0, 0.05) is 34.7 Å². The van der Waals surface area contributed by atoms with Crippen LogP contribution in [-0.2, 0) is 0 Å². The van der Waals surface area contributed by atoms with Gasteiger partial charge in [-0.3, -0.25) is 0 Å². The van der Waals surface area contributed by atoms with E-state index in [2.05, 4.69) is 11.9 Å². The second kappa shape index (κ2) is 8.05. The average molecular weight is 308 g/mol. The van der Waals surface area contributed by atoms with Crippen LogP contribution in [0.2, 0.25) is 10.0 Å². The molecule has 0 saturated heterocycles. The smallest absolute Gasteiger partial charge is 0.142 e. The van der Waals surface area contributed by atoms with Crippen LogP contribution in [0.1, 0.15) is 18.5 Å². The summed E-state index contributed by atoms with van der Waals surface area (Å²) < 4.78 is 13.4. The first-order valence-electron chi connectivity index (χ1n) is 5.63. The average Bonchev–Trinajstić information content (AvgIpc) is 2.34. The number of rotatable bonds is 7. The normalized spacial score (nSPS) is 12.4. The monoisotopic (exact) mass is 307 g/mol. The van der Waals surface area contributed by atoms with Gasteiger partial charge in [-0.15, -0.1) is 6.58 Å². The zero-order valence-electron chi connectivity index (χ0n) is 10.2. The van der Waals surface area contributed by atoms with Crippen molar-refractivity contribution in [3.8, 4) is 0 Å². The molecule has 0 heterocycles. The molecule has 1 unspecified atom stereocenters. The van der Waals surface area contributed by atoms with Crippen LogP contribution in [0.4, 0.5) is 4.39 Å². The summed E-state index contributed by atoms with van der Waals surface area (Å²) in [5.74, 6) is 1.45. The van der Waals surface area contributed by atoms with Gasteiger partial charge in [0.05, 0.1) is 5.02 Å². The fourth-order valence-corrected chi connectivity index (χ4v) is 2.85. The molecule has 0 aliphatic carbocycles. The predicted octanol–water partition coefficient (Wildman–Crippen LogP) is 4.70. The summed E-state index contributed by atoms with van der Waals surface area (Å²) in [6, 6.07) is 2.73. The summed E-state index contributed by atoms with van der Waals surface area (Å²) in [6.07, 6.45) is 1.87. The van der Waals surface area contributed by atoms with Crippen LogP contribution in [0.3, 0.4) is 0 Å². The van der Waals surface area contributed by atoms with E-state index in [-0.39, 0.29) is 11.1 Å². The van der Waals surface area contributed by atoms with Crippen molar-refractivity contribution in [3.63, 3.8) is 0 Å². The largest absolute Gasteiger partial charge is 0.309 e. The highest BCUT2D eigenvalue weighted by molar-refractivity contribution is 7.99. The maximum Gasteiger partial charge on any atom is 0.142 e. The summed E-state index contributed by atoms with van der Waals surface area (Å²) >= 11 is 13.8. The van der Waals surface area contributed by atoms with E-state index in [0.717, 1.165) is 18.1 Å². The van der Waals surface area contributed by atoms with Crippen LogP contribution >= 0.6 is 35.0 Å². The van der Waals surface area contributed by atoms with E-state index in [1.807, 2.05) is 13.0 Å². The summed E-state index contributed by atoms with van der Waals surface area (Å²) in [5, 5.41) is 3.86. The van der Waals surface area contributed by atoms with Crippen molar-refractivity contribution in [1.82, 2.24) is 5.32 Å². The van der Waals surface area contributed by atoms with Crippen LogP contribution in [-0.4, -0.2) is 18.1 Å². The number of hydrogen-bond donors (Lipinski definition) is 1. The number of nitrogens with one attached hydrogen (secondary N) is 1. The third-order valence-corrected chi connectivity index (χ3v) is 4.12. The first-order valence-corrected chi connectivity index (χ1v) is 7.54. The minimum absolute atomic E-state index is 0.0787. The second-order valence-electron chi connectivity index (χ2n) is 3.80. The van der Waals surface area contributed by atoms with E-state index < -0.39 is 5.82 Å². The maximum absolute atomic E-state index is 13.4. The van der Waals surface area contributed by atoms with Crippen molar-refractivity contribution in [1.29, 1.82) is 0 Å². The van der Waals surface area contributed by atoms with Crippen LogP contribution in [0.15, 0.2) is 24.8 Å². The molecule has 0 fully saturated rings. The lowest BCUT2D eigenvalue weighted by Gasteiger charge is -2.17. The summed E-state index contributed by atoms with van der Waals surface area (Å²) in [4.78, 5) is 0. The Kier molecular flexibility index (Phi) is 7.08. The molecular formula is C13H16Cl2FNS. The van der Waals surface area contributed by atoms with E-state index in [0.29, 0.717) is 10.6 Å². The Morgan fingerprint density at radius 2 is 2.22 bits per heavy atom. The van der Waals surface area contributed by atoms with Crippen molar-refractivity contribution in [3.05, 3.63) is 46.2 Å². The Morgan fingerprint density at radius 3 is 2.89 bits per heavy atom.